The van der Waals surface area contributed by atoms with E-state index in [1.54, 1.807) is 58.9 Å². The van der Waals surface area contributed by atoms with Crippen LogP contribution in [0.1, 0.15) is 43.7 Å². The topological polar surface area (TPSA) is 80.3 Å². The Morgan fingerprint density at radius 1 is 1.23 bits per heavy atom. The summed E-state index contributed by atoms with van der Waals surface area (Å²) in [5.41, 5.74) is 1.53. The van der Waals surface area contributed by atoms with Gasteiger partial charge in [0.05, 0.1) is 12.1 Å². The lowest BCUT2D eigenvalue weighted by Crippen LogP contribution is -2.36. The lowest BCUT2D eigenvalue weighted by molar-refractivity contribution is -0.183. The molecule has 2 N–H and O–H groups in total. The van der Waals surface area contributed by atoms with E-state index in [9.17, 15) is 22.8 Å². The molecule has 6 nitrogen and oxygen atoms in total. The highest BCUT2D eigenvalue weighted by molar-refractivity contribution is 5.97. The molecule has 2 amide bonds. The zero-order chi connectivity index (χ0) is 23.3. The second-order valence-corrected chi connectivity index (χ2v) is 8.00. The van der Waals surface area contributed by atoms with Crippen LogP contribution in [0.15, 0.2) is 35.9 Å². The van der Waals surface area contributed by atoms with Crippen LogP contribution in [0.2, 0.25) is 0 Å². The number of pyridine rings is 1. The Morgan fingerprint density at radius 2 is 1.90 bits per heavy atom. The lowest BCUT2D eigenvalue weighted by Gasteiger charge is -2.26. The monoisotopic (exact) mass is 439 g/mol. The van der Waals surface area contributed by atoms with Crippen LogP contribution < -0.4 is 10.6 Å². The third-order valence-electron chi connectivity index (χ3n) is 4.75. The van der Waals surface area contributed by atoms with Crippen LogP contribution in [0.5, 0.6) is 0 Å². The number of amides is 2. The maximum absolute atomic E-state index is 12.7. The van der Waals surface area contributed by atoms with E-state index >= 15 is 0 Å². The van der Waals surface area contributed by atoms with E-state index in [1.807, 2.05) is 0 Å². The van der Waals surface area contributed by atoms with Gasteiger partial charge in [-0.1, -0.05) is 39.0 Å². The van der Waals surface area contributed by atoms with Gasteiger partial charge in [0.15, 0.2) is 0 Å². The summed E-state index contributed by atoms with van der Waals surface area (Å²) in [5.74, 6) is -0.778. The summed E-state index contributed by atoms with van der Waals surface area (Å²) < 4.78 is 42.5. The first-order valence-electron chi connectivity index (χ1n) is 10.0. The number of rotatable bonds is 7. The van der Waals surface area contributed by atoms with Crippen molar-refractivity contribution in [1.29, 1.82) is 0 Å². The third-order valence-corrected chi connectivity index (χ3v) is 4.75. The lowest BCUT2D eigenvalue weighted by atomic mass is 9.92. The van der Waals surface area contributed by atoms with Crippen LogP contribution in [0.4, 0.5) is 19.0 Å². The fraction of sp³-hybridized carbons (Fsp3) is 0.500. The first kappa shape index (κ1) is 24.6. The molecule has 9 heteroatoms. The van der Waals surface area contributed by atoms with Gasteiger partial charge in [-0.15, -0.1) is 0 Å². The minimum Gasteiger partial charge on any atom is -0.364 e. The Hall–Kier alpha value is -2.68. The molecule has 31 heavy (non-hydrogen) atoms. The zero-order valence-electron chi connectivity index (χ0n) is 18.2. The fourth-order valence-electron chi connectivity index (χ4n) is 2.95. The summed E-state index contributed by atoms with van der Waals surface area (Å²) in [6.07, 6.45) is -0.00373. The average Bonchev–Trinajstić information content (AvgIpc) is 2.65. The SMILES string of the molecule is Cc1cc(C(=O)NC(C)C2=CC(OCC(F)(F)F)C(C)C=C2)cc(NC(=O)C(C)C)n1. The van der Waals surface area contributed by atoms with E-state index in [-0.39, 0.29) is 23.6 Å². The Morgan fingerprint density at radius 3 is 2.52 bits per heavy atom. The Labute approximate surface area is 180 Å². The van der Waals surface area contributed by atoms with Gasteiger partial charge in [-0.3, -0.25) is 9.59 Å². The second-order valence-electron chi connectivity index (χ2n) is 8.00. The average molecular weight is 439 g/mol. The molecule has 0 radical (unpaired) electrons. The van der Waals surface area contributed by atoms with Crippen molar-refractivity contribution in [2.45, 2.75) is 52.9 Å². The van der Waals surface area contributed by atoms with Crippen LogP contribution in [0.25, 0.3) is 0 Å². The summed E-state index contributed by atoms with van der Waals surface area (Å²) in [7, 11) is 0. The normalized spacial score (nSPS) is 19.7. The summed E-state index contributed by atoms with van der Waals surface area (Å²) in [6.45, 7) is 7.38. The molecule has 0 spiro atoms. The predicted molar refractivity (Wildman–Crippen MR) is 112 cm³/mol. The molecule has 170 valence electrons. The first-order valence-corrected chi connectivity index (χ1v) is 10.0. The van der Waals surface area contributed by atoms with E-state index in [2.05, 4.69) is 15.6 Å². The summed E-state index contributed by atoms with van der Waals surface area (Å²) in [6, 6.07) is 2.61. The predicted octanol–water partition coefficient (Wildman–Crippen LogP) is 4.18. The summed E-state index contributed by atoms with van der Waals surface area (Å²) in [5, 5.41) is 5.50. The number of anilines is 1. The number of hydrogen-bond acceptors (Lipinski definition) is 4. The van der Waals surface area contributed by atoms with Crippen molar-refractivity contribution >= 4 is 17.6 Å². The summed E-state index contributed by atoms with van der Waals surface area (Å²) in [4.78, 5) is 28.9. The molecule has 0 bridgehead atoms. The minimum atomic E-state index is -4.41. The molecule has 3 unspecified atom stereocenters. The number of halogens is 3. The van der Waals surface area contributed by atoms with E-state index < -0.39 is 30.8 Å². The van der Waals surface area contributed by atoms with Gasteiger partial charge < -0.3 is 15.4 Å². The van der Waals surface area contributed by atoms with Gasteiger partial charge in [0.1, 0.15) is 12.4 Å². The van der Waals surface area contributed by atoms with Crippen molar-refractivity contribution in [2.24, 2.45) is 11.8 Å². The number of nitrogens with one attached hydrogen (secondary N) is 2. The molecule has 1 aromatic heterocycles. The van der Waals surface area contributed by atoms with Crippen molar-refractivity contribution < 1.29 is 27.5 Å². The number of carbonyl (C=O) groups is 2. The van der Waals surface area contributed by atoms with Crippen molar-refractivity contribution in [2.75, 3.05) is 11.9 Å². The number of aromatic nitrogens is 1. The number of carbonyl (C=O) groups excluding carboxylic acids is 2. The Bertz CT molecular complexity index is 878. The molecule has 0 saturated carbocycles. The molecule has 0 fully saturated rings. The van der Waals surface area contributed by atoms with Gasteiger partial charge in [-0.25, -0.2) is 4.98 Å². The molecular formula is C22H28F3N3O3. The van der Waals surface area contributed by atoms with Crippen molar-refractivity contribution in [3.8, 4) is 0 Å². The van der Waals surface area contributed by atoms with E-state index in [1.165, 1.54) is 6.07 Å². The van der Waals surface area contributed by atoms with Crippen LogP contribution in [-0.4, -0.2) is 41.7 Å². The molecule has 1 aliphatic carbocycles. The highest BCUT2D eigenvalue weighted by Crippen LogP contribution is 2.24. The van der Waals surface area contributed by atoms with Crippen molar-refractivity contribution in [3.05, 3.63) is 47.2 Å². The van der Waals surface area contributed by atoms with Gasteiger partial charge in [0.25, 0.3) is 5.91 Å². The molecule has 0 aromatic carbocycles. The molecule has 3 atom stereocenters. The maximum Gasteiger partial charge on any atom is 0.411 e. The molecule has 1 aliphatic rings. The smallest absolute Gasteiger partial charge is 0.364 e. The van der Waals surface area contributed by atoms with Crippen LogP contribution in [-0.2, 0) is 9.53 Å². The first-order chi connectivity index (χ1) is 14.4. The molecular weight excluding hydrogens is 411 g/mol. The van der Waals surface area contributed by atoms with Gasteiger partial charge in [0, 0.05) is 23.1 Å². The van der Waals surface area contributed by atoms with Gasteiger partial charge in [-0.2, -0.15) is 13.2 Å². The number of aryl methyl sites for hydroxylation is 1. The molecule has 0 aliphatic heterocycles. The highest BCUT2D eigenvalue weighted by Gasteiger charge is 2.31. The van der Waals surface area contributed by atoms with Crippen LogP contribution >= 0.6 is 0 Å². The van der Waals surface area contributed by atoms with Crippen molar-refractivity contribution in [1.82, 2.24) is 10.3 Å². The number of nitrogens with zero attached hydrogens (tertiary/aromatic N) is 1. The minimum absolute atomic E-state index is 0.214. The van der Waals surface area contributed by atoms with Crippen LogP contribution in [0, 0.1) is 18.8 Å². The van der Waals surface area contributed by atoms with E-state index in [4.69, 9.17) is 4.74 Å². The molecule has 1 heterocycles. The fourth-order valence-corrected chi connectivity index (χ4v) is 2.95. The van der Waals surface area contributed by atoms with Gasteiger partial charge in [0.2, 0.25) is 5.91 Å². The van der Waals surface area contributed by atoms with Gasteiger partial charge in [-0.05, 0) is 31.6 Å². The molecule has 0 saturated heterocycles. The van der Waals surface area contributed by atoms with E-state index in [0.717, 1.165) is 0 Å². The largest absolute Gasteiger partial charge is 0.411 e. The van der Waals surface area contributed by atoms with Gasteiger partial charge >= 0.3 is 6.18 Å². The Balaban J connectivity index is 2.10. The number of hydrogen-bond donors (Lipinski definition) is 2. The number of alkyl halides is 3. The zero-order valence-corrected chi connectivity index (χ0v) is 18.2. The molecule has 2 rings (SSSR count). The van der Waals surface area contributed by atoms with E-state index in [0.29, 0.717) is 16.8 Å². The highest BCUT2D eigenvalue weighted by atomic mass is 19.4. The quantitative estimate of drug-likeness (QED) is 0.668. The van der Waals surface area contributed by atoms with Crippen molar-refractivity contribution in [3.63, 3.8) is 0 Å². The van der Waals surface area contributed by atoms with Crippen LogP contribution in [0.3, 0.4) is 0 Å². The third kappa shape index (κ3) is 7.50. The standard InChI is InChI=1S/C22H28F3N3O3/c1-12(2)20(29)28-19-10-17(8-14(4)26-19)21(30)27-15(5)16-7-6-13(3)18(9-16)31-11-22(23,24)25/h6-10,12-13,15,18H,11H2,1-5H3,(H,27,30)(H,26,28,29). The second kappa shape index (κ2) is 10.1. The Kier molecular flexibility index (Phi) is 8.00. The maximum atomic E-state index is 12.7. The molecule has 1 aromatic rings. The number of ether oxygens (including phenoxy) is 1. The summed E-state index contributed by atoms with van der Waals surface area (Å²) >= 11 is 0.